The molecule has 0 bridgehead atoms. The summed E-state index contributed by atoms with van der Waals surface area (Å²) in [5.74, 6) is 0. The quantitative estimate of drug-likeness (QED) is 0.890. The largest absolute Gasteiger partial charge is 0.417 e. The number of nitriles is 1. The van der Waals surface area contributed by atoms with Gasteiger partial charge in [-0.15, -0.1) is 0 Å². The van der Waals surface area contributed by atoms with Gasteiger partial charge in [-0.3, -0.25) is 0 Å². The van der Waals surface area contributed by atoms with E-state index < -0.39 is 27.3 Å². The van der Waals surface area contributed by atoms with Gasteiger partial charge in [0.25, 0.3) is 0 Å². The van der Waals surface area contributed by atoms with E-state index >= 15 is 0 Å². The summed E-state index contributed by atoms with van der Waals surface area (Å²) >= 11 is 0. The minimum atomic E-state index is -4.71. The summed E-state index contributed by atoms with van der Waals surface area (Å²) in [5, 5.41) is 8.80. The number of hydrogen-bond donors (Lipinski definition) is 1. The maximum atomic E-state index is 12.7. The van der Waals surface area contributed by atoms with E-state index in [0.29, 0.717) is 12.5 Å². The molecule has 0 saturated carbocycles. The lowest BCUT2D eigenvalue weighted by molar-refractivity contribution is -0.137. The van der Waals surface area contributed by atoms with E-state index in [-0.39, 0.29) is 24.0 Å². The van der Waals surface area contributed by atoms with Gasteiger partial charge in [0.1, 0.15) is 0 Å². The molecule has 0 radical (unpaired) electrons. The molecule has 0 amide bonds. The first-order valence-electron chi connectivity index (χ1n) is 6.03. The minimum absolute atomic E-state index is 0.116. The summed E-state index contributed by atoms with van der Waals surface area (Å²) in [6.07, 6.45) is -4.21. The number of sulfonamides is 1. The van der Waals surface area contributed by atoms with Crippen LogP contribution in [-0.2, 0) is 16.2 Å². The Morgan fingerprint density at radius 2 is 2.05 bits per heavy atom. The van der Waals surface area contributed by atoms with Crippen LogP contribution in [0.5, 0.6) is 0 Å². The molecule has 0 aromatic heterocycles. The molecule has 1 aromatic rings. The van der Waals surface area contributed by atoms with Crippen molar-refractivity contribution in [2.75, 3.05) is 13.1 Å². The van der Waals surface area contributed by atoms with E-state index in [2.05, 4.69) is 0 Å². The Hall–Kier alpha value is -1.63. The van der Waals surface area contributed by atoms with Gasteiger partial charge in [-0.25, -0.2) is 8.42 Å². The highest BCUT2D eigenvalue weighted by atomic mass is 32.2. The lowest BCUT2D eigenvalue weighted by Gasteiger charge is -2.17. The molecule has 2 rings (SSSR count). The van der Waals surface area contributed by atoms with Gasteiger partial charge >= 0.3 is 6.18 Å². The van der Waals surface area contributed by atoms with Gasteiger partial charge in [0.05, 0.1) is 22.1 Å². The topological polar surface area (TPSA) is 87.2 Å². The Labute approximate surface area is 119 Å². The van der Waals surface area contributed by atoms with Crippen LogP contribution < -0.4 is 5.73 Å². The predicted octanol–water partition coefficient (Wildman–Crippen LogP) is 1.30. The second-order valence-electron chi connectivity index (χ2n) is 4.73. The molecule has 1 fully saturated rings. The molecule has 1 aliphatic heterocycles. The second kappa shape index (κ2) is 5.29. The molecule has 1 heterocycles. The first kappa shape index (κ1) is 15.8. The van der Waals surface area contributed by atoms with Crippen LogP contribution in [0.4, 0.5) is 13.2 Å². The Morgan fingerprint density at radius 3 is 2.52 bits per heavy atom. The molecule has 2 N–H and O–H groups in total. The van der Waals surface area contributed by atoms with Crippen LogP contribution in [0.2, 0.25) is 0 Å². The van der Waals surface area contributed by atoms with Crippen LogP contribution in [0, 0.1) is 11.3 Å². The van der Waals surface area contributed by atoms with Gasteiger partial charge in [0.2, 0.25) is 10.0 Å². The van der Waals surface area contributed by atoms with Crippen LogP contribution in [0.3, 0.4) is 0 Å². The first-order chi connectivity index (χ1) is 9.66. The molecule has 5 nitrogen and oxygen atoms in total. The standard InChI is InChI=1S/C12H12F3N3O2S/c13-12(14,15)11-2-1-10(5-8(11)6-16)21(19,20)18-4-3-9(17)7-18/h1-2,5,9H,3-4,7,17H2/t9-/m1/s1. The smallest absolute Gasteiger partial charge is 0.326 e. The third-order valence-corrected chi connectivity index (χ3v) is 5.10. The molecule has 1 aliphatic rings. The molecule has 1 aromatic carbocycles. The highest BCUT2D eigenvalue weighted by Crippen LogP contribution is 2.33. The Bertz CT molecular complexity index is 695. The number of alkyl halides is 3. The zero-order chi connectivity index (χ0) is 15.8. The number of nitrogens with two attached hydrogens (primary N) is 1. The van der Waals surface area contributed by atoms with Gasteiger partial charge in [0, 0.05) is 19.1 Å². The number of benzene rings is 1. The van der Waals surface area contributed by atoms with E-state index in [4.69, 9.17) is 11.0 Å². The molecule has 9 heteroatoms. The molecule has 1 atom stereocenters. The summed E-state index contributed by atoms with van der Waals surface area (Å²) in [5.41, 5.74) is 3.76. The fraction of sp³-hybridized carbons (Fsp3) is 0.417. The highest BCUT2D eigenvalue weighted by molar-refractivity contribution is 7.89. The molecular formula is C12H12F3N3O2S. The second-order valence-corrected chi connectivity index (χ2v) is 6.67. The zero-order valence-electron chi connectivity index (χ0n) is 10.8. The molecule has 0 aliphatic carbocycles. The Kier molecular flexibility index (Phi) is 3.97. The zero-order valence-corrected chi connectivity index (χ0v) is 11.6. The van der Waals surface area contributed by atoms with Crippen LogP contribution >= 0.6 is 0 Å². The van der Waals surface area contributed by atoms with Crippen molar-refractivity contribution in [3.63, 3.8) is 0 Å². The number of hydrogen-bond acceptors (Lipinski definition) is 4. The first-order valence-corrected chi connectivity index (χ1v) is 7.47. The van der Waals surface area contributed by atoms with Crippen molar-refractivity contribution in [3.8, 4) is 6.07 Å². The van der Waals surface area contributed by atoms with Crippen LogP contribution in [0.25, 0.3) is 0 Å². The molecule has 0 unspecified atom stereocenters. The predicted molar refractivity (Wildman–Crippen MR) is 67.5 cm³/mol. The van der Waals surface area contributed by atoms with Crippen molar-refractivity contribution in [2.45, 2.75) is 23.5 Å². The molecule has 21 heavy (non-hydrogen) atoms. The molecule has 1 saturated heterocycles. The normalized spacial score (nSPS) is 20.4. The number of rotatable bonds is 2. The maximum absolute atomic E-state index is 12.7. The van der Waals surface area contributed by atoms with E-state index in [1.165, 1.54) is 6.07 Å². The van der Waals surface area contributed by atoms with Crippen molar-refractivity contribution in [1.29, 1.82) is 5.26 Å². The van der Waals surface area contributed by atoms with Crippen molar-refractivity contribution >= 4 is 10.0 Å². The van der Waals surface area contributed by atoms with E-state index in [1.807, 2.05) is 0 Å². The van der Waals surface area contributed by atoms with Gasteiger partial charge in [-0.1, -0.05) is 0 Å². The van der Waals surface area contributed by atoms with Crippen molar-refractivity contribution in [2.24, 2.45) is 5.73 Å². The third-order valence-electron chi connectivity index (χ3n) is 3.24. The summed E-state index contributed by atoms with van der Waals surface area (Å²) in [7, 11) is -3.93. The van der Waals surface area contributed by atoms with Gasteiger partial charge in [0.15, 0.2) is 0 Å². The van der Waals surface area contributed by atoms with Crippen LogP contribution in [-0.4, -0.2) is 31.9 Å². The fourth-order valence-corrected chi connectivity index (χ4v) is 3.68. The lowest BCUT2D eigenvalue weighted by atomic mass is 10.1. The fourth-order valence-electron chi connectivity index (χ4n) is 2.14. The number of nitrogens with zero attached hydrogens (tertiary/aromatic N) is 2. The molecular weight excluding hydrogens is 307 g/mol. The summed E-state index contributed by atoms with van der Waals surface area (Å²) in [4.78, 5) is -0.332. The monoisotopic (exact) mass is 319 g/mol. The van der Waals surface area contributed by atoms with Gasteiger partial charge in [-0.05, 0) is 24.6 Å². The van der Waals surface area contributed by atoms with Crippen molar-refractivity contribution in [3.05, 3.63) is 29.3 Å². The minimum Gasteiger partial charge on any atom is -0.326 e. The van der Waals surface area contributed by atoms with E-state index in [1.54, 1.807) is 0 Å². The maximum Gasteiger partial charge on any atom is 0.417 e. The Morgan fingerprint density at radius 1 is 1.38 bits per heavy atom. The van der Waals surface area contributed by atoms with Gasteiger partial charge in [-0.2, -0.15) is 22.7 Å². The lowest BCUT2D eigenvalue weighted by Crippen LogP contribution is -2.32. The highest BCUT2D eigenvalue weighted by Gasteiger charge is 2.36. The van der Waals surface area contributed by atoms with Crippen LogP contribution in [0.15, 0.2) is 23.1 Å². The molecule has 114 valence electrons. The summed E-state index contributed by atoms with van der Waals surface area (Å²) in [6.45, 7) is 0.331. The van der Waals surface area contributed by atoms with E-state index in [0.717, 1.165) is 16.4 Å². The average Bonchev–Trinajstić information content (AvgIpc) is 2.84. The van der Waals surface area contributed by atoms with Crippen molar-refractivity contribution in [1.82, 2.24) is 4.31 Å². The van der Waals surface area contributed by atoms with Gasteiger partial charge < -0.3 is 5.73 Å². The van der Waals surface area contributed by atoms with Crippen LogP contribution in [0.1, 0.15) is 17.5 Å². The van der Waals surface area contributed by atoms with E-state index in [9.17, 15) is 21.6 Å². The SMILES string of the molecule is N#Cc1cc(S(=O)(=O)N2CC[C@@H](N)C2)ccc1C(F)(F)F. The summed E-state index contributed by atoms with van der Waals surface area (Å²) in [6, 6.07) is 3.33. The number of halogens is 3. The summed E-state index contributed by atoms with van der Waals surface area (Å²) < 4.78 is 63.8. The van der Waals surface area contributed by atoms with Crippen molar-refractivity contribution < 1.29 is 21.6 Å². The average molecular weight is 319 g/mol. The third kappa shape index (κ3) is 3.02. The molecule has 0 spiro atoms. The Balaban J connectivity index is 2.45.